The fourth-order valence-electron chi connectivity index (χ4n) is 1.09. The summed E-state index contributed by atoms with van der Waals surface area (Å²) in [6.07, 6.45) is 0. The summed E-state index contributed by atoms with van der Waals surface area (Å²) < 4.78 is 4.99. The van der Waals surface area contributed by atoms with E-state index in [0.717, 1.165) is 0 Å². The molecule has 3 amide bonds. The van der Waals surface area contributed by atoms with Crippen LogP contribution < -0.4 is 15.4 Å². The third-order valence-corrected chi connectivity index (χ3v) is 2.55. The van der Waals surface area contributed by atoms with Gasteiger partial charge in [0.25, 0.3) is 0 Å². The highest BCUT2D eigenvalue weighted by atomic mass is 35.5. The zero-order valence-corrected chi connectivity index (χ0v) is 11.3. The Balaban J connectivity index is 2.72. The fourth-order valence-corrected chi connectivity index (χ4v) is 1.31. The summed E-state index contributed by atoms with van der Waals surface area (Å²) in [5.41, 5.74) is 0.337. The number of alkyl halides is 1. The van der Waals surface area contributed by atoms with Crippen LogP contribution >= 0.6 is 23.2 Å². The van der Waals surface area contributed by atoms with Gasteiger partial charge in [0.2, 0.25) is 5.91 Å². The lowest BCUT2D eigenvalue weighted by atomic mass is 10.3. The molecule has 0 spiro atoms. The summed E-state index contributed by atoms with van der Waals surface area (Å²) in [5.74, 6) is -0.0556. The summed E-state index contributed by atoms with van der Waals surface area (Å²) in [6.45, 7) is 1.46. The number of hydrogen-bond donors (Lipinski definition) is 2. The van der Waals surface area contributed by atoms with Gasteiger partial charge < -0.3 is 10.1 Å². The van der Waals surface area contributed by atoms with Crippen molar-refractivity contribution in [3.8, 4) is 5.75 Å². The van der Waals surface area contributed by atoms with Crippen LogP contribution in [0.4, 0.5) is 10.5 Å². The molecular formula is C11H12Cl2N2O3. The van der Waals surface area contributed by atoms with Gasteiger partial charge in [-0.25, -0.2) is 4.79 Å². The largest absolute Gasteiger partial charge is 0.497 e. The average Bonchev–Trinajstić information content (AvgIpc) is 2.31. The predicted molar refractivity (Wildman–Crippen MR) is 70.5 cm³/mol. The number of benzene rings is 1. The number of amides is 3. The molecule has 1 rings (SSSR count). The minimum atomic E-state index is -0.795. The molecule has 1 unspecified atom stereocenters. The van der Waals surface area contributed by atoms with E-state index < -0.39 is 17.3 Å². The first-order chi connectivity index (χ1) is 8.43. The van der Waals surface area contributed by atoms with E-state index in [-0.39, 0.29) is 0 Å². The molecule has 0 aliphatic rings. The topological polar surface area (TPSA) is 67.4 Å². The summed E-state index contributed by atoms with van der Waals surface area (Å²) in [6, 6.07) is 4.05. The lowest BCUT2D eigenvalue weighted by Gasteiger charge is -2.10. The van der Waals surface area contributed by atoms with Crippen LogP contribution in [0.15, 0.2) is 18.2 Å². The number of urea groups is 1. The van der Waals surface area contributed by atoms with Gasteiger partial charge in [-0.1, -0.05) is 11.6 Å². The molecule has 7 heteroatoms. The summed E-state index contributed by atoms with van der Waals surface area (Å²) in [4.78, 5) is 22.7. The number of ether oxygens (including phenoxy) is 1. The molecule has 0 aromatic heterocycles. The molecule has 98 valence electrons. The SMILES string of the molecule is COc1ccc(Cl)c(NC(=O)NC(=O)C(C)Cl)c1. The lowest BCUT2D eigenvalue weighted by molar-refractivity contribution is -0.119. The second kappa shape index (κ2) is 6.47. The van der Waals surface area contributed by atoms with Crippen LogP contribution in [0.3, 0.4) is 0 Å². The third-order valence-electron chi connectivity index (χ3n) is 2.02. The molecule has 18 heavy (non-hydrogen) atoms. The zero-order valence-electron chi connectivity index (χ0n) is 9.79. The minimum Gasteiger partial charge on any atom is -0.497 e. The van der Waals surface area contributed by atoms with Crippen molar-refractivity contribution in [1.29, 1.82) is 0 Å². The maximum Gasteiger partial charge on any atom is 0.325 e. The molecule has 0 fully saturated rings. The van der Waals surface area contributed by atoms with Gasteiger partial charge in [-0.3, -0.25) is 10.1 Å². The van der Waals surface area contributed by atoms with Gasteiger partial charge in [0.05, 0.1) is 17.8 Å². The molecule has 0 radical (unpaired) electrons. The number of rotatable bonds is 3. The molecule has 0 heterocycles. The maximum atomic E-state index is 11.5. The van der Waals surface area contributed by atoms with Crippen LogP contribution in [-0.2, 0) is 4.79 Å². The van der Waals surface area contributed by atoms with Crippen LogP contribution in [0.5, 0.6) is 5.75 Å². The lowest BCUT2D eigenvalue weighted by Crippen LogP contribution is -2.38. The monoisotopic (exact) mass is 290 g/mol. The molecule has 2 N–H and O–H groups in total. The van der Waals surface area contributed by atoms with E-state index in [1.807, 2.05) is 0 Å². The Morgan fingerprint density at radius 3 is 2.61 bits per heavy atom. The van der Waals surface area contributed by atoms with E-state index in [2.05, 4.69) is 10.6 Å². The van der Waals surface area contributed by atoms with Crippen LogP contribution in [0.25, 0.3) is 0 Å². The van der Waals surface area contributed by atoms with Gasteiger partial charge in [0.15, 0.2) is 0 Å². The van der Waals surface area contributed by atoms with Crippen molar-refractivity contribution in [2.45, 2.75) is 12.3 Å². The highest BCUT2D eigenvalue weighted by Gasteiger charge is 2.14. The van der Waals surface area contributed by atoms with E-state index in [9.17, 15) is 9.59 Å². The van der Waals surface area contributed by atoms with E-state index >= 15 is 0 Å². The number of hydrogen-bond acceptors (Lipinski definition) is 3. The van der Waals surface area contributed by atoms with Crippen molar-refractivity contribution in [3.63, 3.8) is 0 Å². The van der Waals surface area contributed by atoms with Gasteiger partial charge in [0, 0.05) is 6.07 Å². The normalized spacial score (nSPS) is 11.6. The number of carbonyl (C=O) groups is 2. The fraction of sp³-hybridized carbons (Fsp3) is 0.273. The quantitative estimate of drug-likeness (QED) is 0.841. The summed E-state index contributed by atoms with van der Waals surface area (Å²) in [5, 5.41) is 4.04. The van der Waals surface area contributed by atoms with Crippen molar-refractivity contribution in [2.24, 2.45) is 0 Å². The van der Waals surface area contributed by atoms with Crippen molar-refractivity contribution in [3.05, 3.63) is 23.2 Å². The van der Waals surface area contributed by atoms with E-state index in [4.69, 9.17) is 27.9 Å². The number of anilines is 1. The molecule has 0 saturated carbocycles. The summed E-state index contributed by atoms with van der Waals surface area (Å²) >= 11 is 11.4. The number of halogens is 2. The second-order valence-electron chi connectivity index (χ2n) is 3.41. The highest BCUT2D eigenvalue weighted by molar-refractivity contribution is 6.34. The second-order valence-corrected chi connectivity index (χ2v) is 4.47. The highest BCUT2D eigenvalue weighted by Crippen LogP contribution is 2.26. The van der Waals surface area contributed by atoms with Crippen LogP contribution in [0.2, 0.25) is 5.02 Å². The van der Waals surface area contributed by atoms with Gasteiger partial charge >= 0.3 is 6.03 Å². The first-order valence-corrected chi connectivity index (χ1v) is 5.85. The van der Waals surface area contributed by atoms with Crippen LogP contribution in [-0.4, -0.2) is 24.4 Å². The molecule has 0 bridgehead atoms. The van der Waals surface area contributed by atoms with Gasteiger partial charge in [-0.2, -0.15) is 0 Å². The number of methoxy groups -OCH3 is 1. The third kappa shape index (κ3) is 4.09. The molecule has 1 aromatic carbocycles. The number of imide groups is 1. The first kappa shape index (κ1) is 14.6. The Kier molecular flexibility index (Phi) is 5.25. The smallest absolute Gasteiger partial charge is 0.325 e. The van der Waals surface area contributed by atoms with Crippen molar-refractivity contribution < 1.29 is 14.3 Å². The first-order valence-electron chi connectivity index (χ1n) is 5.03. The van der Waals surface area contributed by atoms with Crippen molar-refractivity contribution >= 4 is 40.8 Å². The van der Waals surface area contributed by atoms with Gasteiger partial charge in [-0.05, 0) is 19.1 Å². The average molecular weight is 291 g/mol. The predicted octanol–water partition coefficient (Wildman–Crippen LogP) is 2.62. The molecule has 0 aliphatic heterocycles. The Labute approximate surface area is 114 Å². The Bertz CT molecular complexity index is 464. The minimum absolute atomic E-state index is 0.331. The molecular weight excluding hydrogens is 279 g/mol. The summed E-state index contributed by atoms with van der Waals surface area (Å²) in [7, 11) is 1.49. The van der Waals surface area contributed by atoms with Crippen molar-refractivity contribution in [2.75, 3.05) is 12.4 Å². The Morgan fingerprint density at radius 2 is 2.06 bits per heavy atom. The van der Waals surface area contributed by atoms with E-state index in [1.165, 1.54) is 20.1 Å². The van der Waals surface area contributed by atoms with Crippen LogP contribution in [0.1, 0.15) is 6.92 Å². The molecule has 1 atom stereocenters. The Morgan fingerprint density at radius 1 is 1.39 bits per heavy atom. The number of nitrogens with one attached hydrogen (secondary N) is 2. The molecule has 0 aliphatic carbocycles. The maximum absolute atomic E-state index is 11.5. The van der Waals surface area contributed by atoms with Crippen LogP contribution in [0, 0.1) is 0 Å². The van der Waals surface area contributed by atoms with E-state index in [0.29, 0.717) is 16.5 Å². The standard InChI is InChI=1S/C11H12Cl2N2O3/c1-6(12)10(16)15-11(17)14-9-5-7(18-2)3-4-8(9)13/h3-6H,1-2H3,(H2,14,15,16,17). The van der Waals surface area contributed by atoms with Crippen molar-refractivity contribution in [1.82, 2.24) is 5.32 Å². The Hall–Kier alpha value is -1.46. The van der Waals surface area contributed by atoms with E-state index in [1.54, 1.807) is 12.1 Å². The van der Waals surface area contributed by atoms with Gasteiger partial charge in [0.1, 0.15) is 11.1 Å². The molecule has 0 saturated heterocycles. The molecule has 1 aromatic rings. The molecule has 5 nitrogen and oxygen atoms in total. The zero-order chi connectivity index (χ0) is 13.7. The van der Waals surface area contributed by atoms with Gasteiger partial charge in [-0.15, -0.1) is 11.6 Å². The number of carbonyl (C=O) groups excluding carboxylic acids is 2.